The van der Waals surface area contributed by atoms with Crippen molar-refractivity contribution in [3.05, 3.63) is 59.8 Å². The summed E-state index contributed by atoms with van der Waals surface area (Å²) in [6, 6.07) is 15.3. The first kappa shape index (κ1) is 16.8. The number of aromatic nitrogens is 5. The van der Waals surface area contributed by atoms with Gasteiger partial charge < -0.3 is 14.6 Å². The van der Waals surface area contributed by atoms with E-state index in [1.54, 1.807) is 7.11 Å². The van der Waals surface area contributed by atoms with Gasteiger partial charge in [0.05, 0.1) is 7.11 Å². The molecule has 0 saturated heterocycles. The van der Waals surface area contributed by atoms with Crippen LogP contribution in [0.15, 0.2) is 48.5 Å². The van der Waals surface area contributed by atoms with E-state index in [9.17, 15) is 4.79 Å². The van der Waals surface area contributed by atoms with E-state index in [-0.39, 0.29) is 5.91 Å². The van der Waals surface area contributed by atoms with E-state index < -0.39 is 0 Å². The molecular weight excluding hydrogens is 344 g/mol. The van der Waals surface area contributed by atoms with Gasteiger partial charge in [0.1, 0.15) is 11.4 Å². The molecule has 0 spiro atoms. The molecule has 0 atom stereocenters. The van der Waals surface area contributed by atoms with Crippen LogP contribution in [0, 0.1) is 0 Å². The van der Waals surface area contributed by atoms with Crippen molar-refractivity contribution in [1.29, 1.82) is 0 Å². The van der Waals surface area contributed by atoms with E-state index in [1.807, 2.05) is 60.1 Å². The summed E-state index contributed by atoms with van der Waals surface area (Å²) >= 11 is 0. The second-order valence-corrected chi connectivity index (χ2v) is 6.13. The smallest absolute Gasteiger partial charge is 0.268 e. The van der Waals surface area contributed by atoms with Crippen LogP contribution in [0.3, 0.4) is 0 Å². The first-order valence-corrected chi connectivity index (χ1v) is 8.40. The number of carbonyl (C=O) groups is 1. The number of aryl methyl sites for hydroxylation is 1. The van der Waals surface area contributed by atoms with Crippen molar-refractivity contribution in [3.63, 3.8) is 0 Å². The van der Waals surface area contributed by atoms with Gasteiger partial charge in [-0.25, -0.2) is 0 Å². The second-order valence-electron chi connectivity index (χ2n) is 6.13. The highest BCUT2D eigenvalue weighted by Gasteiger charge is 2.14. The van der Waals surface area contributed by atoms with Crippen molar-refractivity contribution in [2.45, 2.75) is 6.54 Å². The minimum Gasteiger partial charge on any atom is -0.497 e. The number of rotatable bonds is 5. The lowest BCUT2D eigenvalue weighted by Crippen LogP contribution is -2.24. The van der Waals surface area contributed by atoms with Crippen molar-refractivity contribution in [2.75, 3.05) is 7.11 Å². The Balaban J connectivity index is 1.52. The summed E-state index contributed by atoms with van der Waals surface area (Å²) in [5.41, 5.74) is 3.35. The largest absolute Gasteiger partial charge is 0.497 e. The Kier molecular flexibility index (Phi) is 4.29. The molecule has 0 aliphatic carbocycles. The molecule has 1 amide bonds. The van der Waals surface area contributed by atoms with Crippen LogP contribution in [-0.2, 0) is 13.6 Å². The van der Waals surface area contributed by atoms with Gasteiger partial charge in [0.15, 0.2) is 0 Å². The number of aromatic amines is 1. The third-order valence-corrected chi connectivity index (χ3v) is 4.47. The van der Waals surface area contributed by atoms with Crippen molar-refractivity contribution in [2.24, 2.45) is 7.05 Å². The maximum atomic E-state index is 12.7. The van der Waals surface area contributed by atoms with Crippen LogP contribution >= 0.6 is 0 Å². The van der Waals surface area contributed by atoms with Crippen LogP contribution in [0.5, 0.6) is 5.75 Å². The zero-order chi connectivity index (χ0) is 18.8. The molecule has 8 nitrogen and oxygen atoms in total. The maximum Gasteiger partial charge on any atom is 0.268 e. The molecule has 2 heterocycles. The highest BCUT2D eigenvalue weighted by atomic mass is 16.5. The van der Waals surface area contributed by atoms with Gasteiger partial charge in [0.2, 0.25) is 5.82 Å². The Labute approximate surface area is 155 Å². The van der Waals surface area contributed by atoms with Crippen LogP contribution in [-0.4, -0.2) is 38.2 Å². The Morgan fingerprint density at radius 2 is 2.11 bits per heavy atom. The molecule has 0 aliphatic heterocycles. The zero-order valence-corrected chi connectivity index (χ0v) is 14.9. The molecule has 2 aromatic heterocycles. The number of nitrogens with one attached hydrogen (secondary N) is 2. The summed E-state index contributed by atoms with van der Waals surface area (Å²) in [6.07, 6.45) is 0. The SMILES string of the molecule is COc1ccc2c(c1)cc(C(=O)NCc1cccc(-c3nn[nH]n3)c1)n2C. The van der Waals surface area contributed by atoms with Crippen LogP contribution < -0.4 is 10.1 Å². The standard InChI is InChI=1S/C19H18N6O2/c1-25-16-7-6-15(27-2)9-14(16)10-17(25)19(26)20-11-12-4-3-5-13(8-12)18-21-23-24-22-18/h3-10H,11H2,1-2H3,(H,20,26)(H,21,22,23,24). The molecule has 0 saturated carbocycles. The molecule has 27 heavy (non-hydrogen) atoms. The van der Waals surface area contributed by atoms with Crippen molar-refractivity contribution < 1.29 is 9.53 Å². The molecule has 0 aliphatic rings. The third kappa shape index (κ3) is 3.24. The fourth-order valence-corrected chi connectivity index (χ4v) is 3.05. The van der Waals surface area contributed by atoms with E-state index in [0.29, 0.717) is 18.1 Å². The number of methoxy groups -OCH3 is 1. The highest BCUT2D eigenvalue weighted by Crippen LogP contribution is 2.24. The summed E-state index contributed by atoms with van der Waals surface area (Å²) in [4.78, 5) is 12.7. The Hall–Kier alpha value is -3.68. The first-order chi connectivity index (χ1) is 13.2. The van der Waals surface area contributed by atoms with Gasteiger partial charge in [-0.2, -0.15) is 5.21 Å². The fourth-order valence-electron chi connectivity index (χ4n) is 3.05. The van der Waals surface area contributed by atoms with Gasteiger partial charge in [-0.1, -0.05) is 18.2 Å². The number of fused-ring (bicyclic) bond motifs is 1. The third-order valence-electron chi connectivity index (χ3n) is 4.47. The van der Waals surface area contributed by atoms with Crippen LogP contribution in [0.1, 0.15) is 16.1 Å². The molecule has 0 radical (unpaired) electrons. The lowest BCUT2D eigenvalue weighted by Gasteiger charge is -2.07. The van der Waals surface area contributed by atoms with Crippen LogP contribution in [0.2, 0.25) is 0 Å². The number of H-pyrrole nitrogens is 1. The molecule has 136 valence electrons. The molecule has 4 aromatic rings. The minimum absolute atomic E-state index is 0.141. The monoisotopic (exact) mass is 362 g/mol. The summed E-state index contributed by atoms with van der Waals surface area (Å²) in [7, 11) is 3.50. The summed E-state index contributed by atoms with van der Waals surface area (Å²) < 4.78 is 7.13. The number of hydrogen-bond donors (Lipinski definition) is 2. The number of carbonyl (C=O) groups excluding carboxylic acids is 1. The molecule has 2 N–H and O–H groups in total. The first-order valence-electron chi connectivity index (χ1n) is 8.40. The quantitative estimate of drug-likeness (QED) is 0.568. The van der Waals surface area contributed by atoms with E-state index >= 15 is 0 Å². The number of tetrazole rings is 1. The normalized spacial score (nSPS) is 10.9. The topological polar surface area (TPSA) is 97.7 Å². The second kappa shape index (κ2) is 6.91. The zero-order valence-electron chi connectivity index (χ0n) is 14.9. The average molecular weight is 362 g/mol. The maximum absolute atomic E-state index is 12.7. The van der Waals surface area contributed by atoms with Gasteiger partial charge in [-0.15, -0.1) is 10.2 Å². The summed E-state index contributed by atoms with van der Waals surface area (Å²) in [5, 5.41) is 17.9. The highest BCUT2D eigenvalue weighted by molar-refractivity contribution is 5.99. The molecule has 0 unspecified atom stereocenters. The lowest BCUT2D eigenvalue weighted by molar-refractivity contribution is 0.0943. The van der Waals surface area contributed by atoms with Gasteiger partial charge in [-0.05, 0) is 41.1 Å². The van der Waals surface area contributed by atoms with Crippen LogP contribution in [0.25, 0.3) is 22.3 Å². The number of benzene rings is 2. The van der Waals surface area contributed by atoms with E-state index in [4.69, 9.17) is 4.74 Å². The van der Waals surface area contributed by atoms with Gasteiger partial charge in [0, 0.05) is 30.1 Å². The number of nitrogens with zero attached hydrogens (tertiary/aromatic N) is 4. The Morgan fingerprint density at radius 3 is 2.89 bits per heavy atom. The molecule has 8 heteroatoms. The molecule has 0 bridgehead atoms. The molecular formula is C19H18N6O2. The van der Waals surface area contributed by atoms with E-state index in [1.165, 1.54) is 0 Å². The van der Waals surface area contributed by atoms with Gasteiger partial charge in [-0.3, -0.25) is 4.79 Å². The minimum atomic E-state index is -0.141. The number of amides is 1. The van der Waals surface area contributed by atoms with Crippen molar-refractivity contribution >= 4 is 16.8 Å². The molecule has 2 aromatic carbocycles. The number of hydrogen-bond acceptors (Lipinski definition) is 5. The predicted octanol–water partition coefficient (Wildman–Crippen LogP) is 2.30. The van der Waals surface area contributed by atoms with Gasteiger partial charge >= 0.3 is 0 Å². The lowest BCUT2D eigenvalue weighted by atomic mass is 10.1. The molecule has 4 rings (SSSR count). The Bertz CT molecular complexity index is 1100. The van der Waals surface area contributed by atoms with Crippen molar-refractivity contribution in [1.82, 2.24) is 30.5 Å². The van der Waals surface area contributed by atoms with Crippen LogP contribution in [0.4, 0.5) is 0 Å². The fraction of sp³-hybridized carbons (Fsp3) is 0.158. The van der Waals surface area contributed by atoms with Gasteiger partial charge in [0.25, 0.3) is 5.91 Å². The molecule has 0 fully saturated rings. The van der Waals surface area contributed by atoms with E-state index in [0.717, 1.165) is 27.8 Å². The Morgan fingerprint density at radius 1 is 1.22 bits per heavy atom. The van der Waals surface area contributed by atoms with Crippen molar-refractivity contribution in [3.8, 4) is 17.1 Å². The summed E-state index contributed by atoms with van der Waals surface area (Å²) in [6.45, 7) is 0.398. The number of ether oxygens (including phenoxy) is 1. The predicted molar refractivity (Wildman–Crippen MR) is 100 cm³/mol. The summed E-state index contributed by atoms with van der Waals surface area (Å²) in [5.74, 6) is 1.14. The van der Waals surface area contributed by atoms with E-state index in [2.05, 4.69) is 25.9 Å². The average Bonchev–Trinajstić information content (AvgIpc) is 3.34.